The number of hydrogen-bond donors (Lipinski definition) is 1. The Kier molecular flexibility index (Phi) is 7.70. The molecule has 114 valence electrons. The first kappa shape index (κ1) is 17.1. The van der Waals surface area contributed by atoms with Crippen LogP contribution in [0.4, 0.5) is 0 Å². The zero-order chi connectivity index (χ0) is 15.0. The maximum Gasteiger partial charge on any atom is 0.131 e. The Morgan fingerprint density at radius 2 is 1.80 bits per heavy atom. The molecule has 1 N–H and O–H groups in total. The van der Waals surface area contributed by atoms with E-state index in [2.05, 4.69) is 43.0 Å². The summed E-state index contributed by atoms with van der Waals surface area (Å²) in [7, 11) is 0. The van der Waals surface area contributed by atoms with E-state index < -0.39 is 0 Å². The van der Waals surface area contributed by atoms with E-state index in [0.717, 1.165) is 49.8 Å². The summed E-state index contributed by atoms with van der Waals surface area (Å²) in [5.41, 5.74) is 3.54. The molecule has 0 amide bonds. The van der Waals surface area contributed by atoms with Gasteiger partial charge in [0, 0.05) is 24.4 Å². The van der Waals surface area contributed by atoms with Crippen molar-refractivity contribution < 1.29 is 4.74 Å². The molecule has 1 heterocycles. The summed E-state index contributed by atoms with van der Waals surface area (Å²) in [5, 5.41) is 3.40. The Morgan fingerprint density at radius 1 is 1.15 bits per heavy atom. The van der Waals surface area contributed by atoms with Gasteiger partial charge in [-0.05, 0) is 51.8 Å². The first-order chi connectivity index (χ1) is 9.58. The van der Waals surface area contributed by atoms with Crippen LogP contribution in [-0.2, 0) is 17.6 Å². The highest BCUT2D eigenvalue weighted by atomic mass is 16.5. The minimum atomic E-state index is 0.602. The normalized spacial score (nSPS) is 12.7. The van der Waals surface area contributed by atoms with Gasteiger partial charge in [0.2, 0.25) is 0 Å². The summed E-state index contributed by atoms with van der Waals surface area (Å²) in [4.78, 5) is 9.26. The molecule has 0 saturated heterocycles. The monoisotopic (exact) mass is 279 g/mol. The Morgan fingerprint density at radius 3 is 2.35 bits per heavy atom. The largest absolute Gasteiger partial charge is 0.381 e. The molecule has 4 heteroatoms. The van der Waals surface area contributed by atoms with Crippen molar-refractivity contribution in [1.29, 1.82) is 0 Å². The molecule has 1 rings (SSSR count). The summed E-state index contributed by atoms with van der Waals surface area (Å²) >= 11 is 0. The third kappa shape index (κ3) is 5.55. The van der Waals surface area contributed by atoms with Gasteiger partial charge in [-0.2, -0.15) is 0 Å². The highest BCUT2D eigenvalue weighted by Gasteiger charge is 2.12. The second kappa shape index (κ2) is 9.03. The molecule has 0 radical (unpaired) electrons. The van der Waals surface area contributed by atoms with Crippen LogP contribution in [0.5, 0.6) is 0 Å². The van der Waals surface area contributed by atoms with Gasteiger partial charge in [0.05, 0.1) is 6.61 Å². The van der Waals surface area contributed by atoms with Crippen molar-refractivity contribution in [3.05, 3.63) is 22.8 Å². The fourth-order valence-corrected chi connectivity index (χ4v) is 2.34. The molecular weight excluding hydrogens is 250 g/mol. The van der Waals surface area contributed by atoms with Gasteiger partial charge in [-0.1, -0.05) is 13.8 Å². The average molecular weight is 279 g/mol. The molecule has 0 spiro atoms. The van der Waals surface area contributed by atoms with E-state index in [0.29, 0.717) is 12.5 Å². The number of nitrogens with one attached hydrogen (secondary N) is 1. The van der Waals surface area contributed by atoms with Crippen molar-refractivity contribution >= 4 is 0 Å². The van der Waals surface area contributed by atoms with Gasteiger partial charge in [0.1, 0.15) is 5.82 Å². The van der Waals surface area contributed by atoms with Crippen LogP contribution in [0.25, 0.3) is 0 Å². The molecule has 0 saturated carbocycles. The molecular formula is C16H29N3O. The van der Waals surface area contributed by atoms with Crippen LogP contribution in [0.1, 0.15) is 43.5 Å². The van der Waals surface area contributed by atoms with E-state index in [4.69, 9.17) is 4.74 Å². The number of aromatic nitrogens is 2. The molecule has 0 bridgehead atoms. The molecule has 1 unspecified atom stereocenters. The SMILES string of the molecule is CCNCC(C)Cc1c(C)nc(CCOCC)nc1C. The van der Waals surface area contributed by atoms with Crippen LogP contribution < -0.4 is 5.32 Å². The lowest BCUT2D eigenvalue weighted by Crippen LogP contribution is -2.23. The van der Waals surface area contributed by atoms with E-state index in [-0.39, 0.29) is 0 Å². The second-order valence-corrected chi connectivity index (χ2v) is 5.35. The third-order valence-electron chi connectivity index (χ3n) is 3.44. The Balaban J connectivity index is 2.68. The fourth-order valence-electron chi connectivity index (χ4n) is 2.34. The highest BCUT2D eigenvalue weighted by Crippen LogP contribution is 2.15. The Hall–Kier alpha value is -1.00. The maximum atomic E-state index is 5.37. The Labute approximate surface area is 123 Å². The van der Waals surface area contributed by atoms with Crippen LogP contribution in [-0.4, -0.2) is 36.3 Å². The molecule has 0 aliphatic carbocycles. The highest BCUT2D eigenvalue weighted by molar-refractivity contribution is 5.25. The van der Waals surface area contributed by atoms with Gasteiger partial charge >= 0.3 is 0 Å². The van der Waals surface area contributed by atoms with Gasteiger partial charge in [0.15, 0.2) is 0 Å². The number of hydrogen-bond acceptors (Lipinski definition) is 4. The van der Waals surface area contributed by atoms with Crippen LogP contribution in [0.3, 0.4) is 0 Å². The summed E-state index contributed by atoms with van der Waals surface area (Å²) < 4.78 is 5.37. The van der Waals surface area contributed by atoms with E-state index in [1.54, 1.807) is 0 Å². The molecule has 4 nitrogen and oxygen atoms in total. The molecule has 20 heavy (non-hydrogen) atoms. The first-order valence-electron chi connectivity index (χ1n) is 7.69. The number of rotatable bonds is 9. The van der Waals surface area contributed by atoms with Crippen molar-refractivity contribution in [2.75, 3.05) is 26.3 Å². The van der Waals surface area contributed by atoms with Crippen LogP contribution in [0.15, 0.2) is 0 Å². The molecule has 1 atom stereocenters. The minimum Gasteiger partial charge on any atom is -0.381 e. The lowest BCUT2D eigenvalue weighted by molar-refractivity contribution is 0.149. The van der Waals surface area contributed by atoms with Gasteiger partial charge in [-0.15, -0.1) is 0 Å². The van der Waals surface area contributed by atoms with E-state index >= 15 is 0 Å². The van der Waals surface area contributed by atoms with E-state index in [1.807, 2.05) is 6.92 Å². The standard InChI is InChI=1S/C16H29N3O/c1-6-17-11-12(3)10-15-13(4)18-16(19-14(15)5)8-9-20-7-2/h12,17H,6-11H2,1-5H3. The summed E-state index contributed by atoms with van der Waals surface area (Å²) in [6.45, 7) is 14.1. The molecule has 0 aliphatic rings. The maximum absolute atomic E-state index is 5.37. The smallest absolute Gasteiger partial charge is 0.131 e. The predicted octanol–water partition coefficient (Wildman–Crippen LogP) is 2.46. The third-order valence-corrected chi connectivity index (χ3v) is 3.44. The van der Waals surface area contributed by atoms with Crippen molar-refractivity contribution in [2.24, 2.45) is 5.92 Å². The average Bonchev–Trinajstić information content (AvgIpc) is 2.41. The minimum absolute atomic E-state index is 0.602. The molecule has 0 aliphatic heterocycles. The molecule has 0 fully saturated rings. The lowest BCUT2D eigenvalue weighted by Gasteiger charge is -2.16. The molecule has 0 aromatic carbocycles. The van der Waals surface area contributed by atoms with E-state index in [9.17, 15) is 0 Å². The van der Waals surface area contributed by atoms with Gasteiger partial charge < -0.3 is 10.1 Å². The van der Waals surface area contributed by atoms with Gasteiger partial charge in [0.25, 0.3) is 0 Å². The van der Waals surface area contributed by atoms with Crippen LogP contribution in [0.2, 0.25) is 0 Å². The number of aryl methyl sites for hydroxylation is 2. The summed E-state index contributed by atoms with van der Waals surface area (Å²) in [6.07, 6.45) is 1.83. The first-order valence-corrected chi connectivity index (χ1v) is 7.69. The molecule has 1 aromatic heterocycles. The zero-order valence-corrected chi connectivity index (χ0v) is 13.6. The fraction of sp³-hybridized carbons (Fsp3) is 0.750. The quantitative estimate of drug-likeness (QED) is 0.705. The van der Waals surface area contributed by atoms with Crippen LogP contribution in [0, 0.1) is 19.8 Å². The Bertz CT molecular complexity index is 384. The van der Waals surface area contributed by atoms with Crippen molar-refractivity contribution in [3.63, 3.8) is 0 Å². The van der Waals surface area contributed by atoms with E-state index in [1.165, 1.54) is 5.56 Å². The van der Waals surface area contributed by atoms with Crippen molar-refractivity contribution in [3.8, 4) is 0 Å². The second-order valence-electron chi connectivity index (χ2n) is 5.35. The predicted molar refractivity (Wildman–Crippen MR) is 83.1 cm³/mol. The topological polar surface area (TPSA) is 47.0 Å². The van der Waals surface area contributed by atoms with Crippen molar-refractivity contribution in [2.45, 2.75) is 47.5 Å². The number of nitrogens with zero attached hydrogens (tertiary/aromatic N) is 2. The molecule has 1 aromatic rings. The lowest BCUT2D eigenvalue weighted by atomic mass is 9.98. The van der Waals surface area contributed by atoms with Crippen LogP contribution >= 0.6 is 0 Å². The zero-order valence-electron chi connectivity index (χ0n) is 13.6. The summed E-state index contributed by atoms with van der Waals surface area (Å²) in [6, 6.07) is 0. The summed E-state index contributed by atoms with van der Waals surface area (Å²) in [5.74, 6) is 1.50. The number of ether oxygens (including phenoxy) is 1. The van der Waals surface area contributed by atoms with Crippen molar-refractivity contribution in [1.82, 2.24) is 15.3 Å². The van der Waals surface area contributed by atoms with Gasteiger partial charge in [-0.25, -0.2) is 9.97 Å². The van der Waals surface area contributed by atoms with Gasteiger partial charge in [-0.3, -0.25) is 0 Å².